The number of likely N-dealkylation sites (N-methyl/N-ethyl adjacent to an activating group) is 1. The summed E-state index contributed by atoms with van der Waals surface area (Å²) in [6.07, 6.45) is 2.45. The molecule has 0 aromatic heterocycles. The highest BCUT2D eigenvalue weighted by molar-refractivity contribution is 4.66. The average Bonchev–Trinajstić information content (AvgIpc) is 2.26. The molecule has 0 amide bonds. The summed E-state index contributed by atoms with van der Waals surface area (Å²) in [5.74, 6) is 1.44. The maximum absolute atomic E-state index is 5.77. The number of nitrogens with two attached hydrogens (primary N) is 1. The van der Waals surface area contributed by atoms with Gasteiger partial charge in [0.05, 0.1) is 0 Å². The minimum Gasteiger partial charge on any atom is -0.330 e. The highest BCUT2D eigenvalue weighted by atomic mass is 15.2. The van der Waals surface area contributed by atoms with E-state index in [9.17, 15) is 0 Å². The predicted octanol–water partition coefficient (Wildman–Crippen LogP) is 1.88. The molecule has 0 aliphatic carbocycles. The Kier molecular flexibility index (Phi) is 9.79. The predicted molar refractivity (Wildman–Crippen MR) is 77.3 cm³/mol. The van der Waals surface area contributed by atoms with Gasteiger partial charge in [0.25, 0.3) is 0 Å². The second-order valence-electron chi connectivity index (χ2n) is 5.80. The third kappa shape index (κ3) is 9.57. The number of hydrogen-bond acceptors (Lipinski definition) is 3. The quantitative estimate of drug-likeness (QED) is 0.636. The van der Waals surface area contributed by atoms with E-state index < -0.39 is 0 Å². The van der Waals surface area contributed by atoms with Crippen LogP contribution in [0.1, 0.15) is 33.6 Å². The van der Waals surface area contributed by atoms with Crippen molar-refractivity contribution in [2.45, 2.75) is 33.6 Å². The molecule has 3 nitrogen and oxygen atoms in total. The monoisotopic (exact) mass is 243 g/mol. The van der Waals surface area contributed by atoms with Crippen molar-refractivity contribution in [1.29, 1.82) is 0 Å². The van der Waals surface area contributed by atoms with E-state index in [0.29, 0.717) is 5.92 Å². The molecule has 0 saturated carbocycles. The fourth-order valence-corrected chi connectivity index (χ4v) is 2.01. The summed E-state index contributed by atoms with van der Waals surface area (Å²) in [6, 6.07) is 0. The maximum atomic E-state index is 5.77. The second-order valence-corrected chi connectivity index (χ2v) is 5.80. The normalized spacial score (nSPS) is 13.9. The average molecular weight is 243 g/mol. The summed E-state index contributed by atoms with van der Waals surface area (Å²) in [5.41, 5.74) is 5.77. The largest absolute Gasteiger partial charge is 0.330 e. The molecule has 0 aliphatic heterocycles. The molecule has 0 bridgehead atoms. The molecule has 0 radical (unpaired) electrons. The second kappa shape index (κ2) is 9.86. The molecule has 0 rings (SSSR count). The Morgan fingerprint density at radius 1 is 1.06 bits per heavy atom. The van der Waals surface area contributed by atoms with Crippen molar-refractivity contribution in [1.82, 2.24) is 9.80 Å². The zero-order valence-electron chi connectivity index (χ0n) is 12.6. The van der Waals surface area contributed by atoms with E-state index in [2.05, 4.69) is 44.7 Å². The lowest BCUT2D eigenvalue weighted by Gasteiger charge is -2.27. The van der Waals surface area contributed by atoms with E-state index in [1.54, 1.807) is 0 Å². The maximum Gasteiger partial charge on any atom is 0.0109 e. The van der Waals surface area contributed by atoms with Crippen LogP contribution in [0.4, 0.5) is 0 Å². The summed E-state index contributed by atoms with van der Waals surface area (Å²) >= 11 is 0. The zero-order chi connectivity index (χ0) is 13.3. The van der Waals surface area contributed by atoms with E-state index in [1.165, 1.54) is 32.5 Å². The molecular formula is C14H33N3. The first-order valence-electron chi connectivity index (χ1n) is 7.06. The van der Waals surface area contributed by atoms with Crippen LogP contribution >= 0.6 is 0 Å². The Balaban J connectivity index is 3.99. The molecular weight excluding hydrogens is 210 g/mol. The fraction of sp³-hybridized carbons (Fsp3) is 1.00. The lowest BCUT2D eigenvalue weighted by atomic mass is 10.0. The van der Waals surface area contributed by atoms with Crippen LogP contribution in [0, 0.1) is 11.8 Å². The molecule has 3 heteroatoms. The molecule has 0 aromatic rings. The summed E-state index contributed by atoms with van der Waals surface area (Å²) in [5, 5.41) is 0. The van der Waals surface area contributed by atoms with Gasteiger partial charge in [-0.25, -0.2) is 0 Å². The van der Waals surface area contributed by atoms with Gasteiger partial charge in [0.15, 0.2) is 0 Å². The van der Waals surface area contributed by atoms with Gasteiger partial charge in [-0.1, -0.05) is 27.2 Å². The Bertz CT molecular complexity index is 165. The van der Waals surface area contributed by atoms with Gasteiger partial charge in [0.2, 0.25) is 0 Å². The SMILES string of the molecule is CCC(CN)CCN(CCN(C)C)CC(C)C. The molecule has 0 spiro atoms. The van der Waals surface area contributed by atoms with E-state index in [4.69, 9.17) is 5.73 Å². The molecule has 2 N–H and O–H groups in total. The van der Waals surface area contributed by atoms with Crippen LogP contribution in [-0.2, 0) is 0 Å². The van der Waals surface area contributed by atoms with Gasteiger partial charge in [-0.2, -0.15) is 0 Å². The Labute approximate surface area is 108 Å². The number of hydrogen-bond donors (Lipinski definition) is 1. The topological polar surface area (TPSA) is 32.5 Å². The lowest BCUT2D eigenvalue weighted by molar-refractivity contribution is 0.205. The highest BCUT2D eigenvalue weighted by Crippen LogP contribution is 2.08. The fourth-order valence-electron chi connectivity index (χ4n) is 2.01. The van der Waals surface area contributed by atoms with Crippen molar-refractivity contribution in [3.8, 4) is 0 Å². The smallest absolute Gasteiger partial charge is 0.0109 e. The van der Waals surface area contributed by atoms with Crippen molar-refractivity contribution in [2.75, 3.05) is 46.8 Å². The van der Waals surface area contributed by atoms with E-state index in [0.717, 1.165) is 19.0 Å². The van der Waals surface area contributed by atoms with Gasteiger partial charge < -0.3 is 15.5 Å². The van der Waals surface area contributed by atoms with Crippen LogP contribution in [0.25, 0.3) is 0 Å². The molecule has 0 saturated heterocycles. The van der Waals surface area contributed by atoms with Crippen LogP contribution < -0.4 is 5.73 Å². The molecule has 0 fully saturated rings. The van der Waals surface area contributed by atoms with Crippen LogP contribution in [0.2, 0.25) is 0 Å². The Morgan fingerprint density at radius 2 is 1.71 bits per heavy atom. The molecule has 17 heavy (non-hydrogen) atoms. The van der Waals surface area contributed by atoms with Crippen LogP contribution in [0.5, 0.6) is 0 Å². The summed E-state index contributed by atoms with van der Waals surface area (Å²) in [4.78, 5) is 4.84. The van der Waals surface area contributed by atoms with Crippen molar-refractivity contribution >= 4 is 0 Å². The van der Waals surface area contributed by atoms with Crippen LogP contribution in [0.15, 0.2) is 0 Å². The summed E-state index contributed by atoms with van der Waals surface area (Å²) in [6.45, 7) is 12.4. The molecule has 1 unspecified atom stereocenters. The zero-order valence-corrected chi connectivity index (χ0v) is 12.6. The third-order valence-corrected chi connectivity index (χ3v) is 3.25. The van der Waals surface area contributed by atoms with Crippen molar-refractivity contribution in [3.63, 3.8) is 0 Å². The summed E-state index contributed by atoms with van der Waals surface area (Å²) in [7, 11) is 4.28. The van der Waals surface area contributed by atoms with Crippen LogP contribution in [-0.4, -0.2) is 56.6 Å². The molecule has 104 valence electrons. The molecule has 1 atom stereocenters. The highest BCUT2D eigenvalue weighted by Gasteiger charge is 2.10. The molecule has 0 aliphatic rings. The first kappa shape index (κ1) is 16.9. The van der Waals surface area contributed by atoms with Crippen molar-refractivity contribution < 1.29 is 0 Å². The standard InChI is InChI=1S/C14H33N3/c1-6-14(11-15)7-8-17(12-13(2)3)10-9-16(4)5/h13-14H,6-12,15H2,1-5H3. The van der Waals surface area contributed by atoms with E-state index in [-0.39, 0.29) is 0 Å². The third-order valence-electron chi connectivity index (χ3n) is 3.25. The first-order valence-corrected chi connectivity index (χ1v) is 7.06. The van der Waals surface area contributed by atoms with E-state index in [1.807, 2.05) is 0 Å². The number of rotatable bonds is 10. The minimum atomic E-state index is 0.698. The van der Waals surface area contributed by atoms with Crippen molar-refractivity contribution in [3.05, 3.63) is 0 Å². The van der Waals surface area contributed by atoms with Gasteiger partial charge in [-0.15, -0.1) is 0 Å². The Morgan fingerprint density at radius 3 is 2.12 bits per heavy atom. The van der Waals surface area contributed by atoms with Crippen molar-refractivity contribution in [2.24, 2.45) is 17.6 Å². The molecule has 0 aromatic carbocycles. The lowest BCUT2D eigenvalue weighted by Crippen LogP contribution is -2.36. The first-order chi connectivity index (χ1) is 7.99. The van der Waals surface area contributed by atoms with Gasteiger partial charge in [0.1, 0.15) is 0 Å². The minimum absolute atomic E-state index is 0.698. The van der Waals surface area contributed by atoms with Gasteiger partial charge in [-0.05, 0) is 45.4 Å². The number of nitrogens with zero attached hydrogens (tertiary/aromatic N) is 2. The summed E-state index contributed by atoms with van der Waals surface area (Å²) < 4.78 is 0. The van der Waals surface area contributed by atoms with Gasteiger partial charge in [-0.3, -0.25) is 0 Å². The Hall–Kier alpha value is -0.120. The molecule has 0 heterocycles. The van der Waals surface area contributed by atoms with Gasteiger partial charge in [0, 0.05) is 19.6 Å². The van der Waals surface area contributed by atoms with E-state index >= 15 is 0 Å². The van der Waals surface area contributed by atoms with Crippen LogP contribution in [0.3, 0.4) is 0 Å². The van der Waals surface area contributed by atoms with Gasteiger partial charge >= 0.3 is 0 Å².